The highest BCUT2D eigenvalue weighted by atomic mass is 16.2. The predicted octanol–water partition coefficient (Wildman–Crippen LogP) is 4.19. The fourth-order valence-electron chi connectivity index (χ4n) is 5.52. The molecule has 0 N–H and O–H groups in total. The number of anilines is 1. The van der Waals surface area contributed by atoms with Gasteiger partial charge in [-0.2, -0.15) is 0 Å². The third kappa shape index (κ3) is 3.53. The fourth-order valence-corrected chi connectivity index (χ4v) is 5.52. The monoisotopic (exact) mass is 382 g/mol. The van der Waals surface area contributed by atoms with Crippen LogP contribution >= 0.6 is 0 Å². The number of hydrogen-bond acceptors (Lipinski definition) is 4. The van der Waals surface area contributed by atoms with Gasteiger partial charge in [0.15, 0.2) is 5.82 Å². The minimum Gasteiger partial charge on any atom is -0.356 e. The SMILES string of the molecule is Cc1nc([C@@H]2CCCCN2C(=O)C2CCCC2)nc2c1CCCN2CC1CC1. The maximum absolute atomic E-state index is 13.2. The Bertz CT molecular complexity index is 738. The van der Waals surface area contributed by atoms with Gasteiger partial charge in [0, 0.05) is 36.8 Å². The topological polar surface area (TPSA) is 49.3 Å². The maximum atomic E-state index is 13.2. The average Bonchev–Trinajstić information content (AvgIpc) is 3.36. The summed E-state index contributed by atoms with van der Waals surface area (Å²) in [5.41, 5.74) is 2.49. The number of rotatable bonds is 4. The lowest BCUT2D eigenvalue weighted by Gasteiger charge is -2.38. The van der Waals surface area contributed by atoms with Gasteiger partial charge in [-0.3, -0.25) is 4.79 Å². The zero-order valence-corrected chi connectivity index (χ0v) is 17.3. The summed E-state index contributed by atoms with van der Waals surface area (Å²) in [5.74, 6) is 3.56. The summed E-state index contributed by atoms with van der Waals surface area (Å²) in [6, 6.07) is 0.0792. The summed E-state index contributed by atoms with van der Waals surface area (Å²) in [5, 5.41) is 0. The summed E-state index contributed by atoms with van der Waals surface area (Å²) in [4.78, 5) is 28.0. The van der Waals surface area contributed by atoms with Crippen LogP contribution in [0.1, 0.15) is 87.3 Å². The number of fused-ring (bicyclic) bond motifs is 1. The molecule has 5 heteroatoms. The van der Waals surface area contributed by atoms with Gasteiger partial charge in [0.2, 0.25) is 5.91 Å². The molecule has 1 amide bonds. The predicted molar refractivity (Wildman–Crippen MR) is 110 cm³/mol. The van der Waals surface area contributed by atoms with Crippen molar-refractivity contribution in [3.63, 3.8) is 0 Å². The zero-order valence-electron chi connectivity index (χ0n) is 17.3. The first-order chi connectivity index (χ1) is 13.7. The largest absolute Gasteiger partial charge is 0.356 e. The van der Waals surface area contributed by atoms with Gasteiger partial charge < -0.3 is 9.80 Å². The van der Waals surface area contributed by atoms with E-state index in [1.807, 2.05) is 0 Å². The van der Waals surface area contributed by atoms with Crippen molar-refractivity contribution in [2.75, 3.05) is 24.5 Å². The first-order valence-electron chi connectivity index (χ1n) is 11.6. The number of amides is 1. The molecule has 0 spiro atoms. The van der Waals surface area contributed by atoms with Crippen LogP contribution in [-0.2, 0) is 11.2 Å². The molecule has 0 aromatic carbocycles. The Balaban J connectivity index is 1.45. The molecule has 2 aliphatic carbocycles. The first kappa shape index (κ1) is 18.4. The van der Waals surface area contributed by atoms with E-state index in [9.17, 15) is 4.79 Å². The van der Waals surface area contributed by atoms with Crippen LogP contribution in [0.4, 0.5) is 5.82 Å². The summed E-state index contributed by atoms with van der Waals surface area (Å²) >= 11 is 0. The molecule has 1 atom stereocenters. The molecule has 2 aliphatic heterocycles. The highest BCUT2D eigenvalue weighted by molar-refractivity contribution is 5.79. The summed E-state index contributed by atoms with van der Waals surface area (Å²) in [7, 11) is 0. The second kappa shape index (κ2) is 7.64. The summed E-state index contributed by atoms with van der Waals surface area (Å²) in [6.07, 6.45) is 12.9. The molecule has 5 rings (SSSR count). The molecule has 1 aromatic heterocycles. The van der Waals surface area contributed by atoms with E-state index in [2.05, 4.69) is 16.7 Å². The number of likely N-dealkylation sites (tertiary alicyclic amines) is 1. The van der Waals surface area contributed by atoms with Crippen LogP contribution in [0.15, 0.2) is 0 Å². The van der Waals surface area contributed by atoms with Crippen molar-refractivity contribution >= 4 is 11.7 Å². The Labute approximate surface area is 168 Å². The van der Waals surface area contributed by atoms with E-state index in [1.54, 1.807) is 0 Å². The minimum absolute atomic E-state index is 0.0792. The number of nitrogens with zero attached hydrogens (tertiary/aromatic N) is 4. The molecule has 28 heavy (non-hydrogen) atoms. The van der Waals surface area contributed by atoms with Crippen molar-refractivity contribution in [3.8, 4) is 0 Å². The normalized spacial score (nSPS) is 25.8. The molecule has 4 aliphatic rings. The number of piperidine rings is 1. The van der Waals surface area contributed by atoms with Crippen molar-refractivity contribution in [2.24, 2.45) is 11.8 Å². The lowest BCUT2D eigenvalue weighted by atomic mass is 9.97. The molecule has 0 bridgehead atoms. The Morgan fingerprint density at radius 2 is 1.75 bits per heavy atom. The van der Waals surface area contributed by atoms with Crippen molar-refractivity contribution in [1.29, 1.82) is 0 Å². The van der Waals surface area contributed by atoms with E-state index in [4.69, 9.17) is 9.97 Å². The van der Waals surface area contributed by atoms with Crippen LogP contribution in [0.5, 0.6) is 0 Å². The van der Waals surface area contributed by atoms with Gasteiger partial charge in [0.1, 0.15) is 5.82 Å². The van der Waals surface area contributed by atoms with Gasteiger partial charge >= 0.3 is 0 Å². The Hall–Kier alpha value is -1.65. The van der Waals surface area contributed by atoms with Crippen molar-refractivity contribution in [2.45, 2.75) is 83.6 Å². The standard InChI is InChI=1S/C23H34N4O/c1-16-19-9-6-13-26(15-17-11-12-17)22(19)25-21(24-16)20-10-4-5-14-27(20)23(28)18-7-2-3-8-18/h17-18,20H,2-15H2,1H3/t20-/m0/s1. The van der Waals surface area contributed by atoms with E-state index in [-0.39, 0.29) is 12.0 Å². The van der Waals surface area contributed by atoms with E-state index in [0.29, 0.717) is 5.91 Å². The van der Waals surface area contributed by atoms with Gasteiger partial charge in [-0.15, -0.1) is 0 Å². The van der Waals surface area contributed by atoms with Crippen LogP contribution in [0, 0.1) is 18.8 Å². The van der Waals surface area contributed by atoms with Gasteiger partial charge in [-0.25, -0.2) is 9.97 Å². The van der Waals surface area contributed by atoms with Crippen molar-refractivity contribution in [3.05, 3.63) is 17.1 Å². The second-order valence-electron chi connectivity index (χ2n) is 9.49. The van der Waals surface area contributed by atoms with Gasteiger partial charge in [0.25, 0.3) is 0 Å². The lowest BCUT2D eigenvalue weighted by molar-refractivity contribution is -0.139. The number of hydrogen-bond donors (Lipinski definition) is 0. The Morgan fingerprint density at radius 3 is 2.54 bits per heavy atom. The van der Waals surface area contributed by atoms with Crippen LogP contribution in [0.3, 0.4) is 0 Å². The van der Waals surface area contributed by atoms with Gasteiger partial charge in [0.05, 0.1) is 6.04 Å². The summed E-state index contributed by atoms with van der Waals surface area (Å²) in [6.45, 7) is 5.30. The molecule has 3 fully saturated rings. The molecule has 1 aromatic rings. The van der Waals surface area contributed by atoms with E-state index in [1.165, 1.54) is 49.9 Å². The third-order valence-corrected chi connectivity index (χ3v) is 7.33. The second-order valence-corrected chi connectivity index (χ2v) is 9.49. The van der Waals surface area contributed by atoms with Crippen LogP contribution < -0.4 is 4.90 Å². The van der Waals surface area contributed by atoms with Gasteiger partial charge in [-0.1, -0.05) is 12.8 Å². The molecule has 0 unspecified atom stereocenters. The Kier molecular flexibility index (Phi) is 5.02. The van der Waals surface area contributed by atoms with Gasteiger partial charge in [-0.05, 0) is 70.6 Å². The summed E-state index contributed by atoms with van der Waals surface area (Å²) < 4.78 is 0. The average molecular weight is 383 g/mol. The van der Waals surface area contributed by atoms with E-state index < -0.39 is 0 Å². The molecule has 152 valence electrons. The molecule has 2 saturated carbocycles. The van der Waals surface area contributed by atoms with Crippen LogP contribution in [-0.4, -0.2) is 40.4 Å². The van der Waals surface area contributed by atoms with E-state index >= 15 is 0 Å². The fraction of sp³-hybridized carbons (Fsp3) is 0.783. The number of carbonyl (C=O) groups excluding carboxylic acids is 1. The smallest absolute Gasteiger partial charge is 0.226 e. The van der Waals surface area contributed by atoms with Crippen molar-refractivity contribution < 1.29 is 4.79 Å². The Morgan fingerprint density at radius 1 is 0.964 bits per heavy atom. The molecule has 5 nitrogen and oxygen atoms in total. The zero-order chi connectivity index (χ0) is 19.1. The lowest BCUT2D eigenvalue weighted by Crippen LogP contribution is -2.42. The number of carbonyl (C=O) groups is 1. The third-order valence-electron chi connectivity index (χ3n) is 7.33. The maximum Gasteiger partial charge on any atom is 0.226 e. The highest BCUT2D eigenvalue weighted by Crippen LogP contribution is 2.38. The number of aryl methyl sites for hydroxylation is 1. The highest BCUT2D eigenvalue weighted by Gasteiger charge is 2.36. The molecule has 0 radical (unpaired) electrons. The molecule has 3 heterocycles. The quantitative estimate of drug-likeness (QED) is 0.783. The first-order valence-corrected chi connectivity index (χ1v) is 11.6. The van der Waals surface area contributed by atoms with E-state index in [0.717, 1.165) is 69.2 Å². The number of aromatic nitrogens is 2. The minimum atomic E-state index is 0.0792. The molecular formula is C23H34N4O. The molecule has 1 saturated heterocycles. The van der Waals surface area contributed by atoms with Crippen LogP contribution in [0.2, 0.25) is 0 Å². The van der Waals surface area contributed by atoms with Crippen molar-refractivity contribution in [1.82, 2.24) is 14.9 Å². The van der Waals surface area contributed by atoms with Crippen LogP contribution in [0.25, 0.3) is 0 Å². The molecular weight excluding hydrogens is 348 g/mol.